The lowest BCUT2D eigenvalue weighted by molar-refractivity contribution is 0.327. The highest BCUT2D eigenvalue weighted by atomic mass is 16.5. The average molecular weight is 258 g/mol. The molecule has 0 aliphatic carbocycles. The topological polar surface area (TPSA) is 52.0 Å². The van der Waals surface area contributed by atoms with Gasteiger partial charge < -0.3 is 14.6 Å². The Morgan fingerprint density at radius 3 is 3.05 bits per heavy atom. The molecule has 19 heavy (non-hydrogen) atoms. The molecule has 2 aromatic heterocycles. The molecule has 1 N–H and O–H groups in total. The molecule has 5 heteroatoms. The van der Waals surface area contributed by atoms with Crippen LogP contribution in [0, 0.1) is 0 Å². The van der Waals surface area contributed by atoms with Crippen molar-refractivity contribution in [2.24, 2.45) is 0 Å². The Morgan fingerprint density at radius 2 is 2.37 bits per heavy atom. The number of hydrogen-bond acceptors (Lipinski definition) is 4. The number of nitrogens with one attached hydrogen (secondary N) is 1. The summed E-state index contributed by atoms with van der Waals surface area (Å²) in [6, 6.07) is 3.92. The Kier molecular flexibility index (Phi) is 3.46. The largest absolute Gasteiger partial charge is 0.478 e. The number of imidazole rings is 1. The molecular formula is C14H18N4O. The maximum atomic E-state index is 5.36. The quantitative estimate of drug-likeness (QED) is 0.907. The summed E-state index contributed by atoms with van der Waals surface area (Å²) in [6.07, 6.45) is 6.80. The number of nitrogens with zero attached hydrogens (tertiary/aromatic N) is 3. The summed E-state index contributed by atoms with van der Waals surface area (Å²) in [5, 5.41) is 3.39. The van der Waals surface area contributed by atoms with E-state index in [1.54, 1.807) is 0 Å². The van der Waals surface area contributed by atoms with Crippen molar-refractivity contribution in [1.29, 1.82) is 0 Å². The van der Waals surface area contributed by atoms with Crippen LogP contribution in [0.1, 0.15) is 25.0 Å². The minimum Gasteiger partial charge on any atom is -0.478 e. The molecule has 5 nitrogen and oxygen atoms in total. The van der Waals surface area contributed by atoms with E-state index in [1.165, 1.54) is 5.69 Å². The molecule has 0 radical (unpaired) electrons. The summed E-state index contributed by atoms with van der Waals surface area (Å²) in [5.41, 5.74) is 2.28. The van der Waals surface area contributed by atoms with Gasteiger partial charge in [-0.25, -0.2) is 9.97 Å². The molecule has 0 aromatic carbocycles. The van der Waals surface area contributed by atoms with Crippen molar-refractivity contribution in [2.75, 3.05) is 19.7 Å². The van der Waals surface area contributed by atoms with Gasteiger partial charge in [-0.05, 0) is 26.0 Å². The van der Waals surface area contributed by atoms with E-state index in [1.807, 2.05) is 37.8 Å². The molecule has 0 spiro atoms. The minimum absolute atomic E-state index is 0.536. The van der Waals surface area contributed by atoms with Gasteiger partial charge in [-0.2, -0.15) is 0 Å². The predicted octanol–water partition coefficient (Wildman–Crippen LogP) is 1.74. The molecule has 0 amide bonds. The third-order valence-electron chi connectivity index (χ3n) is 3.44. The number of hydrogen-bond donors (Lipinski definition) is 1. The van der Waals surface area contributed by atoms with E-state index in [2.05, 4.69) is 19.9 Å². The molecule has 2 aromatic rings. The molecular weight excluding hydrogens is 240 g/mol. The number of pyridine rings is 1. The molecule has 100 valence electrons. The maximum Gasteiger partial charge on any atom is 0.213 e. The van der Waals surface area contributed by atoms with Crippen LogP contribution in [0.3, 0.4) is 0 Å². The molecule has 1 saturated heterocycles. The second-order valence-electron chi connectivity index (χ2n) is 4.67. The van der Waals surface area contributed by atoms with Gasteiger partial charge in [-0.15, -0.1) is 0 Å². The Hall–Kier alpha value is -1.88. The van der Waals surface area contributed by atoms with Gasteiger partial charge >= 0.3 is 0 Å². The molecule has 1 fully saturated rings. The van der Waals surface area contributed by atoms with E-state index < -0.39 is 0 Å². The van der Waals surface area contributed by atoms with Crippen molar-refractivity contribution >= 4 is 0 Å². The Bertz CT molecular complexity index is 529. The second-order valence-corrected chi connectivity index (χ2v) is 4.67. The molecule has 0 bridgehead atoms. The van der Waals surface area contributed by atoms with Gasteiger partial charge in [0.25, 0.3) is 0 Å². The fourth-order valence-corrected chi connectivity index (χ4v) is 2.48. The summed E-state index contributed by atoms with van der Waals surface area (Å²) in [6.45, 7) is 4.70. The number of rotatable bonds is 4. The van der Waals surface area contributed by atoms with E-state index in [0.717, 1.165) is 25.2 Å². The smallest absolute Gasteiger partial charge is 0.213 e. The Morgan fingerprint density at radius 1 is 1.42 bits per heavy atom. The molecule has 3 heterocycles. The normalized spacial score (nSPS) is 18.7. The maximum absolute atomic E-state index is 5.36. The van der Waals surface area contributed by atoms with Crippen LogP contribution in [0.15, 0.2) is 30.9 Å². The first kappa shape index (κ1) is 12.2. The minimum atomic E-state index is 0.536. The average Bonchev–Trinajstić information content (AvgIpc) is 3.11. The van der Waals surface area contributed by atoms with Gasteiger partial charge in [0.2, 0.25) is 5.88 Å². The molecule has 1 atom stereocenters. The van der Waals surface area contributed by atoms with Crippen LogP contribution in [-0.4, -0.2) is 34.2 Å². The molecule has 0 saturated carbocycles. The number of ether oxygens (including phenoxy) is 1. The Balaban J connectivity index is 1.87. The van der Waals surface area contributed by atoms with Crippen molar-refractivity contribution in [3.63, 3.8) is 0 Å². The highest BCUT2D eigenvalue weighted by Gasteiger charge is 2.20. The summed E-state index contributed by atoms with van der Waals surface area (Å²) in [7, 11) is 0. The third kappa shape index (κ3) is 2.46. The Labute approximate surface area is 112 Å². The fraction of sp³-hybridized carbons (Fsp3) is 0.429. The summed E-state index contributed by atoms with van der Waals surface area (Å²) < 4.78 is 7.47. The molecule has 1 aliphatic rings. The van der Waals surface area contributed by atoms with Crippen molar-refractivity contribution in [3.05, 3.63) is 36.5 Å². The fourth-order valence-electron chi connectivity index (χ4n) is 2.48. The SMILES string of the molecule is CCOc1ccc(-n2cncc2C2CCNC2)cn1. The van der Waals surface area contributed by atoms with Crippen molar-refractivity contribution in [1.82, 2.24) is 19.9 Å². The summed E-state index contributed by atoms with van der Waals surface area (Å²) in [5.74, 6) is 1.20. The molecule has 1 aliphatic heterocycles. The van der Waals surface area contributed by atoms with Crippen LogP contribution in [-0.2, 0) is 0 Å². The van der Waals surface area contributed by atoms with E-state index in [-0.39, 0.29) is 0 Å². The second kappa shape index (κ2) is 5.40. The van der Waals surface area contributed by atoms with Gasteiger partial charge in [0.15, 0.2) is 0 Å². The molecule has 1 unspecified atom stereocenters. The van der Waals surface area contributed by atoms with Crippen molar-refractivity contribution < 1.29 is 4.74 Å². The summed E-state index contributed by atoms with van der Waals surface area (Å²) in [4.78, 5) is 8.58. The van der Waals surface area contributed by atoms with Crippen LogP contribution in [0.2, 0.25) is 0 Å². The number of aromatic nitrogens is 3. The first-order valence-corrected chi connectivity index (χ1v) is 6.70. The van der Waals surface area contributed by atoms with E-state index in [0.29, 0.717) is 18.4 Å². The predicted molar refractivity (Wildman–Crippen MR) is 72.8 cm³/mol. The monoisotopic (exact) mass is 258 g/mol. The zero-order valence-electron chi connectivity index (χ0n) is 11.0. The standard InChI is InChI=1S/C14H18N4O/c1-2-19-14-4-3-12(8-17-14)18-10-16-9-13(18)11-5-6-15-7-11/h3-4,8-11,15H,2,5-7H2,1H3. The highest BCUT2D eigenvalue weighted by molar-refractivity contribution is 5.34. The molecule has 3 rings (SSSR count). The van der Waals surface area contributed by atoms with Gasteiger partial charge in [-0.1, -0.05) is 0 Å². The van der Waals surface area contributed by atoms with Gasteiger partial charge in [0.05, 0.1) is 24.8 Å². The van der Waals surface area contributed by atoms with Crippen LogP contribution in [0.4, 0.5) is 0 Å². The zero-order valence-corrected chi connectivity index (χ0v) is 11.0. The first-order chi connectivity index (χ1) is 9.38. The van der Waals surface area contributed by atoms with Crippen molar-refractivity contribution in [3.8, 4) is 11.6 Å². The van der Waals surface area contributed by atoms with Crippen LogP contribution < -0.4 is 10.1 Å². The first-order valence-electron chi connectivity index (χ1n) is 6.70. The lowest BCUT2D eigenvalue weighted by Crippen LogP contribution is -2.10. The van der Waals surface area contributed by atoms with Crippen LogP contribution in [0.25, 0.3) is 5.69 Å². The zero-order chi connectivity index (χ0) is 13.1. The van der Waals surface area contributed by atoms with Gasteiger partial charge in [-0.3, -0.25) is 0 Å². The highest BCUT2D eigenvalue weighted by Crippen LogP contribution is 2.24. The van der Waals surface area contributed by atoms with Crippen LogP contribution >= 0.6 is 0 Å². The van der Waals surface area contributed by atoms with Crippen LogP contribution in [0.5, 0.6) is 5.88 Å². The van der Waals surface area contributed by atoms with Crippen molar-refractivity contribution in [2.45, 2.75) is 19.3 Å². The van der Waals surface area contributed by atoms with E-state index in [4.69, 9.17) is 4.74 Å². The van der Waals surface area contributed by atoms with Gasteiger partial charge in [0.1, 0.15) is 0 Å². The van der Waals surface area contributed by atoms with E-state index >= 15 is 0 Å². The lowest BCUT2D eigenvalue weighted by Gasteiger charge is -2.12. The third-order valence-corrected chi connectivity index (χ3v) is 3.44. The summed E-state index contributed by atoms with van der Waals surface area (Å²) >= 11 is 0. The van der Waals surface area contributed by atoms with Gasteiger partial charge in [0, 0.05) is 30.4 Å². The lowest BCUT2D eigenvalue weighted by atomic mass is 10.1. The van der Waals surface area contributed by atoms with E-state index in [9.17, 15) is 0 Å².